The summed E-state index contributed by atoms with van der Waals surface area (Å²) in [4.78, 5) is 11.7. The van der Waals surface area contributed by atoms with Gasteiger partial charge in [-0.2, -0.15) is 0 Å². The second kappa shape index (κ2) is 10.6. The van der Waals surface area contributed by atoms with Gasteiger partial charge in [-0.15, -0.1) is 24.0 Å². The molecule has 2 saturated heterocycles. The number of guanidine groups is 1. The maximum atomic E-state index is 5.78. The van der Waals surface area contributed by atoms with Gasteiger partial charge in [0.25, 0.3) is 0 Å². The summed E-state index contributed by atoms with van der Waals surface area (Å²) in [5.41, 5.74) is 0.953. The Kier molecular flexibility index (Phi) is 8.77. The lowest BCUT2D eigenvalue weighted by Gasteiger charge is -2.39. The van der Waals surface area contributed by atoms with Gasteiger partial charge < -0.3 is 19.5 Å². The second-order valence-corrected chi connectivity index (χ2v) is 7.61. The van der Waals surface area contributed by atoms with Gasteiger partial charge in [-0.3, -0.25) is 14.8 Å². The SMILES string of the molecule is CN=C(NCCN1CCOC(C)(C)C1)N1CCN(Cc2ccon2)CC1.I. The molecule has 0 amide bonds. The zero-order valence-electron chi connectivity index (χ0n) is 16.7. The highest BCUT2D eigenvalue weighted by molar-refractivity contribution is 14.0. The first-order valence-corrected chi connectivity index (χ1v) is 9.49. The molecule has 8 nitrogen and oxygen atoms in total. The molecule has 0 aromatic carbocycles. The Bertz CT molecular complexity index is 572. The number of hydrogen-bond donors (Lipinski definition) is 1. The molecule has 0 saturated carbocycles. The molecule has 9 heteroatoms. The largest absolute Gasteiger partial charge is 0.373 e. The van der Waals surface area contributed by atoms with Gasteiger partial charge in [0.1, 0.15) is 6.26 Å². The van der Waals surface area contributed by atoms with E-state index in [2.05, 4.69) is 44.0 Å². The predicted octanol–water partition coefficient (Wildman–Crippen LogP) is 1.10. The van der Waals surface area contributed by atoms with Crippen molar-refractivity contribution in [1.29, 1.82) is 0 Å². The van der Waals surface area contributed by atoms with Crippen LogP contribution in [-0.2, 0) is 11.3 Å². The number of halogens is 1. The molecule has 1 aromatic rings. The average molecular weight is 492 g/mol. The lowest BCUT2D eigenvalue weighted by molar-refractivity contribution is -0.0852. The van der Waals surface area contributed by atoms with Crippen LogP contribution in [0.1, 0.15) is 19.5 Å². The lowest BCUT2D eigenvalue weighted by atomic mass is 10.1. The van der Waals surface area contributed by atoms with Gasteiger partial charge in [0.15, 0.2) is 5.96 Å². The zero-order valence-corrected chi connectivity index (χ0v) is 19.0. The van der Waals surface area contributed by atoms with E-state index in [1.165, 1.54) is 0 Å². The molecule has 2 aliphatic rings. The summed E-state index contributed by atoms with van der Waals surface area (Å²) >= 11 is 0. The smallest absolute Gasteiger partial charge is 0.193 e. The van der Waals surface area contributed by atoms with E-state index in [4.69, 9.17) is 9.26 Å². The average Bonchev–Trinajstić information content (AvgIpc) is 3.12. The van der Waals surface area contributed by atoms with Crippen LogP contribution in [0, 0.1) is 0 Å². The van der Waals surface area contributed by atoms with Gasteiger partial charge in [0, 0.05) is 72.0 Å². The van der Waals surface area contributed by atoms with Gasteiger partial charge >= 0.3 is 0 Å². The van der Waals surface area contributed by atoms with Crippen LogP contribution in [0.3, 0.4) is 0 Å². The first-order valence-electron chi connectivity index (χ1n) is 9.49. The van der Waals surface area contributed by atoms with Crippen LogP contribution in [0.4, 0.5) is 0 Å². The van der Waals surface area contributed by atoms with E-state index < -0.39 is 0 Å². The van der Waals surface area contributed by atoms with Crippen molar-refractivity contribution >= 4 is 29.9 Å². The topological polar surface area (TPSA) is 69.4 Å². The molecule has 0 unspecified atom stereocenters. The minimum Gasteiger partial charge on any atom is -0.373 e. The van der Waals surface area contributed by atoms with Gasteiger partial charge in [0.05, 0.1) is 17.9 Å². The number of piperazine rings is 1. The first kappa shape index (κ1) is 22.4. The van der Waals surface area contributed by atoms with Gasteiger partial charge in [0.2, 0.25) is 0 Å². The van der Waals surface area contributed by atoms with Crippen LogP contribution in [0.15, 0.2) is 21.8 Å². The highest BCUT2D eigenvalue weighted by Gasteiger charge is 2.27. The summed E-state index contributed by atoms with van der Waals surface area (Å²) < 4.78 is 10.7. The summed E-state index contributed by atoms with van der Waals surface area (Å²) in [5.74, 6) is 0.999. The number of nitrogens with one attached hydrogen (secondary N) is 1. The Balaban J connectivity index is 0.00000261. The van der Waals surface area contributed by atoms with Crippen LogP contribution in [0.5, 0.6) is 0 Å². The maximum absolute atomic E-state index is 5.78. The third kappa shape index (κ3) is 6.88. The van der Waals surface area contributed by atoms with E-state index in [0.717, 1.165) is 77.2 Å². The molecule has 1 N–H and O–H groups in total. The van der Waals surface area contributed by atoms with Crippen molar-refractivity contribution in [3.05, 3.63) is 18.0 Å². The number of ether oxygens (including phenoxy) is 1. The van der Waals surface area contributed by atoms with Crippen molar-refractivity contribution in [3.63, 3.8) is 0 Å². The fraction of sp³-hybridized carbons (Fsp3) is 0.778. The molecule has 3 rings (SSSR count). The lowest BCUT2D eigenvalue weighted by Crippen LogP contribution is -2.54. The Morgan fingerprint density at radius 3 is 2.63 bits per heavy atom. The van der Waals surface area contributed by atoms with E-state index in [-0.39, 0.29) is 29.6 Å². The molecule has 0 spiro atoms. The highest BCUT2D eigenvalue weighted by Crippen LogP contribution is 2.15. The second-order valence-electron chi connectivity index (χ2n) is 7.61. The monoisotopic (exact) mass is 492 g/mol. The van der Waals surface area contributed by atoms with Crippen molar-refractivity contribution in [3.8, 4) is 0 Å². The van der Waals surface area contributed by atoms with Crippen LogP contribution >= 0.6 is 24.0 Å². The van der Waals surface area contributed by atoms with Crippen molar-refractivity contribution in [2.75, 3.05) is 66.0 Å². The number of morpholine rings is 1. The van der Waals surface area contributed by atoms with E-state index in [1.807, 2.05) is 13.1 Å². The van der Waals surface area contributed by atoms with Gasteiger partial charge in [-0.05, 0) is 13.8 Å². The molecule has 0 radical (unpaired) electrons. The number of hydrogen-bond acceptors (Lipinski definition) is 6. The third-order valence-corrected chi connectivity index (χ3v) is 4.98. The van der Waals surface area contributed by atoms with Gasteiger partial charge in [-0.1, -0.05) is 5.16 Å². The molecular formula is C18H33IN6O2. The van der Waals surface area contributed by atoms with Crippen LogP contribution in [0.25, 0.3) is 0 Å². The third-order valence-electron chi connectivity index (χ3n) is 4.98. The number of rotatable bonds is 5. The summed E-state index contributed by atoms with van der Waals surface area (Å²) in [7, 11) is 1.86. The summed E-state index contributed by atoms with van der Waals surface area (Å²) in [6, 6.07) is 1.93. The van der Waals surface area contributed by atoms with E-state index in [1.54, 1.807) is 6.26 Å². The molecule has 0 aliphatic carbocycles. The van der Waals surface area contributed by atoms with Crippen molar-refractivity contribution < 1.29 is 9.26 Å². The normalized spacial score (nSPS) is 21.7. The Hall–Kier alpha value is -0.910. The summed E-state index contributed by atoms with van der Waals surface area (Å²) in [6.07, 6.45) is 1.63. The van der Waals surface area contributed by atoms with Crippen LogP contribution in [0.2, 0.25) is 0 Å². The van der Waals surface area contributed by atoms with E-state index in [0.29, 0.717) is 0 Å². The quantitative estimate of drug-likeness (QED) is 0.375. The van der Waals surface area contributed by atoms with Crippen LogP contribution < -0.4 is 5.32 Å². The first-order chi connectivity index (χ1) is 12.6. The molecule has 0 atom stereocenters. The highest BCUT2D eigenvalue weighted by atomic mass is 127. The summed E-state index contributed by atoms with van der Waals surface area (Å²) in [6.45, 7) is 13.8. The molecule has 2 aliphatic heterocycles. The van der Waals surface area contributed by atoms with Crippen LogP contribution in [-0.4, -0.2) is 97.4 Å². The van der Waals surface area contributed by atoms with Crippen molar-refractivity contribution in [1.82, 2.24) is 25.2 Å². The van der Waals surface area contributed by atoms with Crippen molar-refractivity contribution in [2.45, 2.75) is 26.0 Å². The number of aromatic nitrogens is 1. The van der Waals surface area contributed by atoms with Gasteiger partial charge in [-0.25, -0.2) is 0 Å². The molecule has 27 heavy (non-hydrogen) atoms. The molecule has 154 valence electrons. The zero-order chi connectivity index (χ0) is 18.4. The molecule has 0 bridgehead atoms. The standard InChI is InChI=1S/C18H32N6O2.HI/c1-18(2)15-23(11-13-25-18)6-5-20-17(19-3)24-9-7-22(8-10-24)14-16-4-12-26-21-16;/h4,12H,5-11,13-15H2,1-3H3,(H,19,20);1H. The maximum Gasteiger partial charge on any atom is 0.193 e. The van der Waals surface area contributed by atoms with Crippen molar-refractivity contribution in [2.24, 2.45) is 4.99 Å². The minimum atomic E-state index is -0.0416. The summed E-state index contributed by atoms with van der Waals surface area (Å²) in [5, 5.41) is 7.52. The Labute approximate surface area is 179 Å². The molecule has 3 heterocycles. The van der Waals surface area contributed by atoms with E-state index in [9.17, 15) is 0 Å². The fourth-order valence-corrected chi connectivity index (χ4v) is 3.63. The molecule has 2 fully saturated rings. The predicted molar refractivity (Wildman–Crippen MR) is 117 cm³/mol. The Morgan fingerprint density at radius 2 is 2.00 bits per heavy atom. The number of aliphatic imine (C=N–C) groups is 1. The van der Waals surface area contributed by atoms with E-state index >= 15 is 0 Å². The molecule has 1 aromatic heterocycles. The number of nitrogens with zero attached hydrogens (tertiary/aromatic N) is 5. The Morgan fingerprint density at radius 1 is 1.22 bits per heavy atom. The minimum absolute atomic E-state index is 0. The fourth-order valence-electron chi connectivity index (χ4n) is 3.63. The molecular weight excluding hydrogens is 459 g/mol.